The molecule has 2 rings (SSSR count). The molecule has 21 heavy (non-hydrogen) atoms. The number of amides is 1. The van der Waals surface area contributed by atoms with E-state index in [1.54, 1.807) is 6.26 Å². The van der Waals surface area contributed by atoms with Crippen molar-refractivity contribution in [3.05, 3.63) is 58.5 Å². The Morgan fingerprint density at radius 2 is 2.10 bits per heavy atom. The van der Waals surface area contributed by atoms with E-state index in [0.29, 0.717) is 13.1 Å². The first kappa shape index (κ1) is 15.8. The van der Waals surface area contributed by atoms with Crippen molar-refractivity contribution in [1.82, 2.24) is 10.2 Å². The first-order valence-electron chi connectivity index (χ1n) is 6.81. The van der Waals surface area contributed by atoms with Gasteiger partial charge in [-0.15, -0.1) is 0 Å². The predicted octanol–water partition coefficient (Wildman–Crippen LogP) is 3.35. The molecule has 0 radical (unpaired) electrons. The molecule has 1 atom stereocenters. The Hall–Kier alpha value is -1.59. The van der Waals surface area contributed by atoms with Gasteiger partial charge >= 0.3 is 0 Å². The second-order valence-corrected chi connectivity index (χ2v) is 5.92. The molecule has 1 N–H and O–H groups in total. The monoisotopic (exact) mass is 350 g/mol. The van der Waals surface area contributed by atoms with E-state index in [9.17, 15) is 4.79 Å². The maximum Gasteiger partial charge on any atom is 0.234 e. The number of carbonyl (C=O) groups is 1. The molecular weight excluding hydrogens is 332 g/mol. The molecule has 5 heteroatoms. The Bertz CT molecular complexity index is 584. The molecular formula is C16H19BrN2O2. The number of nitrogens with one attached hydrogen (secondary N) is 1. The van der Waals surface area contributed by atoms with Crippen LogP contribution in [0.5, 0.6) is 0 Å². The number of hydrogen-bond donors (Lipinski definition) is 1. The van der Waals surface area contributed by atoms with Crippen LogP contribution in [0.2, 0.25) is 0 Å². The molecule has 112 valence electrons. The molecule has 1 aromatic heterocycles. The van der Waals surface area contributed by atoms with Crippen LogP contribution in [0.15, 0.2) is 51.6 Å². The Morgan fingerprint density at radius 1 is 1.33 bits per heavy atom. The molecule has 0 aliphatic carbocycles. The minimum atomic E-state index is -0.121. The average Bonchev–Trinajstić information content (AvgIpc) is 2.95. The maximum absolute atomic E-state index is 12.0. The molecule has 0 aliphatic rings. The van der Waals surface area contributed by atoms with Gasteiger partial charge in [0.2, 0.25) is 5.91 Å². The highest BCUT2D eigenvalue weighted by molar-refractivity contribution is 9.10. The van der Waals surface area contributed by atoms with E-state index in [2.05, 4.69) is 21.2 Å². The van der Waals surface area contributed by atoms with E-state index >= 15 is 0 Å². The molecule has 0 bridgehead atoms. The molecule has 0 saturated carbocycles. The summed E-state index contributed by atoms with van der Waals surface area (Å²) in [6, 6.07) is 11.6. The third-order valence-electron chi connectivity index (χ3n) is 3.16. The van der Waals surface area contributed by atoms with E-state index in [1.807, 2.05) is 55.3 Å². The van der Waals surface area contributed by atoms with Gasteiger partial charge in [-0.05, 0) is 37.7 Å². The van der Waals surface area contributed by atoms with E-state index in [1.165, 1.54) is 0 Å². The average molecular weight is 351 g/mol. The van der Waals surface area contributed by atoms with Crippen LogP contribution >= 0.6 is 15.9 Å². The summed E-state index contributed by atoms with van der Waals surface area (Å²) in [5.41, 5.74) is 1.16. The van der Waals surface area contributed by atoms with Crippen LogP contribution in [-0.4, -0.2) is 24.4 Å². The molecule has 0 aliphatic heterocycles. The second-order valence-electron chi connectivity index (χ2n) is 5.07. The van der Waals surface area contributed by atoms with Crippen LogP contribution in [0.1, 0.15) is 24.3 Å². The Balaban J connectivity index is 1.83. The number of rotatable bonds is 6. The number of nitrogens with zero attached hydrogens (tertiary/aromatic N) is 1. The lowest BCUT2D eigenvalue weighted by Crippen LogP contribution is -2.36. The van der Waals surface area contributed by atoms with Gasteiger partial charge in [0.05, 0.1) is 18.8 Å². The molecule has 0 saturated heterocycles. The summed E-state index contributed by atoms with van der Waals surface area (Å²) >= 11 is 3.52. The van der Waals surface area contributed by atoms with Crippen LogP contribution in [0.25, 0.3) is 0 Å². The smallest absolute Gasteiger partial charge is 0.234 e. The quantitative estimate of drug-likeness (QED) is 0.868. The van der Waals surface area contributed by atoms with Crippen LogP contribution < -0.4 is 5.32 Å². The van der Waals surface area contributed by atoms with Gasteiger partial charge in [-0.2, -0.15) is 0 Å². The van der Waals surface area contributed by atoms with Crippen molar-refractivity contribution in [2.75, 3.05) is 13.6 Å². The number of benzene rings is 1. The summed E-state index contributed by atoms with van der Waals surface area (Å²) in [5, 5.41) is 2.93. The Labute approximate surface area is 133 Å². The Morgan fingerprint density at radius 3 is 2.76 bits per heavy atom. The lowest BCUT2D eigenvalue weighted by atomic mass is 10.2. The highest BCUT2D eigenvalue weighted by atomic mass is 79.9. The fraction of sp³-hybridized carbons (Fsp3) is 0.312. The zero-order valence-corrected chi connectivity index (χ0v) is 13.8. The lowest BCUT2D eigenvalue weighted by molar-refractivity contribution is -0.122. The second kappa shape index (κ2) is 7.43. The van der Waals surface area contributed by atoms with Gasteiger partial charge in [0.25, 0.3) is 0 Å². The summed E-state index contributed by atoms with van der Waals surface area (Å²) in [6.07, 6.45) is 1.61. The van der Waals surface area contributed by atoms with E-state index < -0.39 is 0 Å². The minimum Gasteiger partial charge on any atom is -0.467 e. The lowest BCUT2D eigenvalue weighted by Gasteiger charge is -2.18. The van der Waals surface area contributed by atoms with Crippen molar-refractivity contribution in [1.29, 1.82) is 0 Å². The van der Waals surface area contributed by atoms with E-state index in [0.717, 1.165) is 15.8 Å². The first-order valence-corrected chi connectivity index (χ1v) is 7.60. The molecule has 1 heterocycles. The fourth-order valence-corrected chi connectivity index (χ4v) is 2.52. The number of likely N-dealkylation sites (N-methyl/N-ethyl adjacent to an activating group) is 1. The standard InChI is InChI=1S/C16H19BrN2O2/c1-12(15-8-5-9-21-15)18-16(20)11-19(2)10-13-6-3-4-7-14(13)17/h3-9,12H,10-11H2,1-2H3,(H,18,20)/t12-/m0/s1. The van der Waals surface area contributed by atoms with Gasteiger partial charge in [-0.3, -0.25) is 9.69 Å². The number of hydrogen-bond acceptors (Lipinski definition) is 3. The number of furan rings is 1. The molecule has 4 nitrogen and oxygen atoms in total. The fourth-order valence-electron chi connectivity index (χ4n) is 2.11. The zero-order chi connectivity index (χ0) is 15.2. The number of carbonyl (C=O) groups excluding carboxylic acids is 1. The SMILES string of the molecule is C[C@H](NC(=O)CN(C)Cc1ccccc1Br)c1ccco1. The summed E-state index contributed by atoms with van der Waals surface area (Å²) in [6.45, 7) is 2.96. The normalized spacial score (nSPS) is 12.4. The third-order valence-corrected chi connectivity index (χ3v) is 3.93. The van der Waals surface area contributed by atoms with Crippen molar-refractivity contribution >= 4 is 21.8 Å². The van der Waals surface area contributed by atoms with E-state index in [-0.39, 0.29) is 11.9 Å². The van der Waals surface area contributed by atoms with Crippen molar-refractivity contribution in [2.24, 2.45) is 0 Å². The van der Waals surface area contributed by atoms with Crippen LogP contribution in [-0.2, 0) is 11.3 Å². The van der Waals surface area contributed by atoms with Crippen LogP contribution in [0.3, 0.4) is 0 Å². The highest BCUT2D eigenvalue weighted by Crippen LogP contribution is 2.17. The van der Waals surface area contributed by atoms with Gasteiger partial charge < -0.3 is 9.73 Å². The molecule has 0 unspecified atom stereocenters. The predicted molar refractivity (Wildman–Crippen MR) is 85.7 cm³/mol. The first-order chi connectivity index (χ1) is 10.1. The van der Waals surface area contributed by atoms with Gasteiger partial charge in [-0.25, -0.2) is 0 Å². The molecule has 2 aromatic rings. The minimum absolute atomic E-state index is 0.0200. The van der Waals surface area contributed by atoms with Crippen LogP contribution in [0.4, 0.5) is 0 Å². The van der Waals surface area contributed by atoms with E-state index in [4.69, 9.17) is 4.42 Å². The van der Waals surface area contributed by atoms with Crippen molar-refractivity contribution in [3.63, 3.8) is 0 Å². The van der Waals surface area contributed by atoms with Crippen molar-refractivity contribution in [2.45, 2.75) is 19.5 Å². The zero-order valence-electron chi connectivity index (χ0n) is 12.2. The number of halogens is 1. The summed E-state index contributed by atoms with van der Waals surface area (Å²) in [4.78, 5) is 14.0. The van der Waals surface area contributed by atoms with Gasteiger partial charge in [0.15, 0.2) is 0 Å². The van der Waals surface area contributed by atoms with Gasteiger partial charge in [0, 0.05) is 11.0 Å². The molecule has 1 amide bonds. The topological polar surface area (TPSA) is 45.5 Å². The van der Waals surface area contributed by atoms with Crippen LogP contribution in [0, 0.1) is 0 Å². The van der Waals surface area contributed by atoms with Crippen molar-refractivity contribution in [3.8, 4) is 0 Å². The summed E-state index contributed by atoms with van der Waals surface area (Å²) < 4.78 is 6.33. The summed E-state index contributed by atoms with van der Waals surface area (Å²) in [5.74, 6) is 0.741. The van der Waals surface area contributed by atoms with Crippen molar-refractivity contribution < 1.29 is 9.21 Å². The summed E-state index contributed by atoms with van der Waals surface area (Å²) in [7, 11) is 1.93. The Kier molecular flexibility index (Phi) is 5.59. The molecule has 0 spiro atoms. The maximum atomic E-state index is 12.0. The largest absolute Gasteiger partial charge is 0.467 e. The van der Waals surface area contributed by atoms with Gasteiger partial charge in [0.1, 0.15) is 5.76 Å². The van der Waals surface area contributed by atoms with Gasteiger partial charge in [-0.1, -0.05) is 34.1 Å². The third kappa shape index (κ3) is 4.72. The highest BCUT2D eigenvalue weighted by Gasteiger charge is 2.13. The molecule has 0 fully saturated rings. The molecule has 1 aromatic carbocycles.